The lowest BCUT2D eigenvalue weighted by molar-refractivity contribution is -0.159. The van der Waals surface area contributed by atoms with Crippen LogP contribution in [0.3, 0.4) is 0 Å². The maximum absolute atomic E-state index is 11.6. The van der Waals surface area contributed by atoms with Gasteiger partial charge in [0.25, 0.3) is 0 Å². The SMILES string of the molecule is COC(=O)[C@@]1(C)CC[C@H](O)C1(C)C. The molecule has 2 atom stereocenters. The number of carbonyl (C=O) groups excluding carboxylic acids is 1. The average Bonchev–Trinajstić information content (AvgIpc) is 2.29. The van der Waals surface area contributed by atoms with E-state index in [-0.39, 0.29) is 11.4 Å². The third-order valence-corrected chi connectivity index (χ3v) is 3.81. The molecule has 0 bridgehead atoms. The molecule has 0 unspecified atom stereocenters. The van der Waals surface area contributed by atoms with Gasteiger partial charge in [-0.05, 0) is 19.8 Å². The molecule has 0 radical (unpaired) electrons. The van der Waals surface area contributed by atoms with Gasteiger partial charge in [-0.25, -0.2) is 0 Å². The van der Waals surface area contributed by atoms with Gasteiger partial charge in [-0.3, -0.25) is 4.79 Å². The van der Waals surface area contributed by atoms with E-state index < -0.39 is 11.5 Å². The second-order valence-corrected chi connectivity index (χ2v) is 4.60. The van der Waals surface area contributed by atoms with E-state index >= 15 is 0 Å². The molecule has 1 rings (SSSR count). The van der Waals surface area contributed by atoms with E-state index in [1.807, 2.05) is 20.8 Å². The molecule has 1 saturated carbocycles. The molecule has 76 valence electrons. The fourth-order valence-corrected chi connectivity index (χ4v) is 2.07. The predicted octanol–water partition coefficient (Wildman–Crippen LogP) is 1.35. The van der Waals surface area contributed by atoms with Gasteiger partial charge in [0.05, 0.1) is 18.6 Å². The molecule has 3 nitrogen and oxygen atoms in total. The van der Waals surface area contributed by atoms with Gasteiger partial charge in [-0.15, -0.1) is 0 Å². The smallest absolute Gasteiger partial charge is 0.312 e. The average molecular weight is 186 g/mol. The van der Waals surface area contributed by atoms with Crippen LogP contribution in [0, 0.1) is 10.8 Å². The summed E-state index contributed by atoms with van der Waals surface area (Å²) in [5.74, 6) is -0.214. The highest BCUT2D eigenvalue weighted by Gasteiger charge is 2.56. The van der Waals surface area contributed by atoms with Crippen LogP contribution in [0.4, 0.5) is 0 Å². The first-order valence-corrected chi connectivity index (χ1v) is 4.63. The summed E-state index contributed by atoms with van der Waals surface area (Å²) in [6, 6.07) is 0. The van der Waals surface area contributed by atoms with Crippen LogP contribution in [0.5, 0.6) is 0 Å². The van der Waals surface area contributed by atoms with Crippen LogP contribution in [-0.2, 0) is 9.53 Å². The van der Waals surface area contributed by atoms with Gasteiger partial charge in [0.15, 0.2) is 0 Å². The molecule has 0 aliphatic heterocycles. The van der Waals surface area contributed by atoms with Crippen molar-refractivity contribution >= 4 is 5.97 Å². The molecule has 0 spiro atoms. The molecule has 0 aromatic rings. The fraction of sp³-hybridized carbons (Fsp3) is 0.900. The highest BCUT2D eigenvalue weighted by molar-refractivity contribution is 5.78. The molecule has 0 saturated heterocycles. The van der Waals surface area contributed by atoms with Crippen molar-refractivity contribution in [2.45, 2.75) is 39.7 Å². The van der Waals surface area contributed by atoms with Crippen molar-refractivity contribution in [2.24, 2.45) is 10.8 Å². The van der Waals surface area contributed by atoms with Crippen LogP contribution in [0.15, 0.2) is 0 Å². The fourth-order valence-electron chi connectivity index (χ4n) is 2.07. The molecule has 0 heterocycles. The lowest BCUT2D eigenvalue weighted by Crippen LogP contribution is -2.43. The van der Waals surface area contributed by atoms with Crippen molar-refractivity contribution in [1.82, 2.24) is 0 Å². The molecule has 0 aromatic carbocycles. The van der Waals surface area contributed by atoms with Crippen LogP contribution in [0.25, 0.3) is 0 Å². The number of esters is 1. The molecule has 0 amide bonds. The van der Waals surface area contributed by atoms with Gasteiger partial charge in [0.2, 0.25) is 0 Å². The van der Waals surface area contributed by atoms with Crippen LogP contribution < -0.4 is 0 Å². The highest BCUT2D eigenvalue weighted by Crippen LogP contribution is 2.52. The largest absolute Gasteiger partial charge is 0.469 e. The lowest BCUT2D eigenvalue weighted by atomic mass is 9.68. The summed E-state index contributed by atoms with van der Waals surface area (Å²) in [6.07, 6.45) is 0.975. The second-order valence-electron chi connectivity index (χ2n) is 4.60. The summed E-state index contributed by atoms with van der Waals surface area (Å²) in [5, 5.41) is 9.73. The Balaban J connectivity index is 2.98. The van der Waals surface area contributed by atoms with Crippen molar-refractivity contribution < 1.29 is 14.6 Å². The summed E-state index contributed by atoms with van der Waals surface area (Å²) >= 11 is 0. The minimum Gasteiger partial charge on any atom is -0.469 e. The van der Waals surface area contributed by atoms with Gasteiger partial charge < -0.3 is 9.84 Å². The van der Waals surface area contributed by atoms with E-state index in [1.54, 1.807) is 0 Å². The summed E-state index contributed by atoms with van der Waals surface area (Å²) in [4.78, 5) is 11.6. The monoisotopic (exact) mass is 186 g/mol. The van der Waals surface area contributed by atoms with E-state index in [1.165, 1.54) is 7.11 Å². The Morgan fingerprint density at radius 2 is 2.00 bits per heavy atom. The first kappa shape index (κ1) is 10.5. The van der Waals surface area contributed by atoms with E-state index in [0.717, 1.165) is 0 Å². The van der Waals surface area contributed by atoms with Crippen molar-refractivity contribution in [2.75, 3.05) is 7.11 Å². The zero-order valence-electron chi connectivity index (χ0n) is 8.76. The molecule has 0 aromatic heterocycles. The number of hydrogen-bond donors (Lipinski definition) is 1. The number of aliphatic hydroxyl groups is 1. The normalized spacial score (nSPS) is 37.5. The molecule has 1 aliphatic carbocycles. The minimum atomic E-state index is -0.541. The minimum absolute atomic E-state index is 0.214. The molecule has 3 heteroatoms. The van der Waals surface area contributed by atoms with Crippen molar-refractivity contribution in [3.05, 3.63) is 0 Å². The molecule has 1 fully saturated rings. The van der Waals surface area contributed by atoms with Gasteiger partial charge in [-0.2, -0.15) is 0 Å². The predicted molar refractivity (Wildman–Crippen MR) is 49.1 cm³/mol. The molecule has 1 N–H and O–H groups in total. The first-order valence-electron chi connectivity index (χ1n) is 4.63. The Kier molecular flexibility index (Phi) is 2.41. The number of hydrogen-bond acceptors (Lipinski definition) is 3. The van der Waals surface area contributed by atoms with E-state index in [0.29, 0.717) is 12.8 Å². The Morgan fingerprint density at radius 1 is 1.46 bits per heavy atom. The summed E-state index contributed by atoms with van der Waals surface area (Å²) in [7, 11) is 1.40. The van der Waals surface area contributed by atoms with Gasteiger partial charge in [-0.1, -0.05) is 13.8 Å². The zero-order valence-corrected chi connectivity index (χ0v) is 8.76. The third-order valence-electron chi connectivity index (χ3n) is 3.81. The number of methoxy groups -OCH3 is 1. The molecule has 1 aliphatic rings. The maximum Gasteiger partial charge on any atom is 0.312 e. The quantitative estimate of drug-likeness (QED) is 0.629. The van der Waals surface area contributed by atoms with Gasteiger partial charge >= 0.3 is 5.97 Å². The number of carbonyl (C=O) groups is 1. The third kappa shape index (κ3) is 1.26. The van der Waals surface area contributed by atoms with Crippen molar-refractivity contribution in [1.29, 1.82) is 0 Å². The molecule has 13 heavy (non-hydrogen) atoms. The van der Waals surface area contributed by atoms with Gasteiger partial charge in [0.1, 0.15) is 0 Å². The van der Waals surface area contributed by atoms with E-state index in [2.05, 4.69) is 0 Å². The van der Waals surface area contributed by atoms with Crippen molar-refractivity contribution in [3.8, 4) is 0 Å². The number of aliphatic hydroxyl groups excluding tert-OH is 1. The summed E-state index contributed by atoms with van der Waals surface area (Å²) in [6.45, 7) is 5.71. The number of ether oxygens (including phenoxy) is 1. The van der Waals surface area contributed by atoms with E-state index in [4.69, 9.17) is 4.74 Å². The summed E-state index contributed by atoms with van der Waals surface area (Å²) < 4.78 is 4.77. The number of rotatable bonds is 1. The van der Waals surface area contributed by atoms with Crippen LogP contribution in [0.2, 0.25) is 0 Å². The van der Waals surface area contributed by atoms with Gasteiger partial charge in [0, 0.05) is 5.41 Å². The van der Waals surface area contributed by atoms with Crippen LogP contribution in [0.1, 0.15) is 33.6 Å². The van der Waals surface area contributed by atoms with Crippen LogP contribution in [-0.4, -0.2) is 24.3 Å². The van der Waals surface area contributed by atoms with E-state index in [9.17, 15) is 9.90 Å². The molecular weight excluding hydrogens is 168 g/mol. The zero-order chi connectivity index (χ0) is 10.3. The summed E-state index contributed by atoms with van der Waals surface area (Å²) in [5.41, 5.74) is -0.929. The Hall–Kier alpha value is -0.570. The van der Waals surface area contributed by atoms with Crippen molar-refractivity contribution in [3.63, 3.8) is 0 Å². The molecular formula is C10H18O3. The van der Waals surface area contributed by atoms with Crippen LogP contribution >= 0.6 is 0 Å². The second kappa shape index (κ2) is 2.98. The Labute approximate surface area is 79.1 Å². The Morgan fingerprint density at radius 3 is 2.31 bits per heavy atom. The Bertz CT molecular complexity index is 222. The topological polar surface area (TPSA) is 46.5 Å². The lowest BCUT2D eigenvalue weighted by Gasteiger charge is -2.37. The maximum atomic E-state index is 11.6. The standard InChI is InChI=1S/C10H18O3/c1-9(2)7(11)5-6-10(9,3)8(12)13-4/h7,11H,5-6H2,1-4H3/t7-,10+/m0/s1. The first-order chi connectivity index (χ1) is 5.86. The highest BCUT2D eigenvalue weighted by atomic mass is 16.5.